The van der Waals surface area contributed by atoms with Gasteiger partial charge in [0.05, 0.1) is 0 Å². The lowest BCUT2D eigenvalue weighted by molar-refractivity contribution is -0.127. The fourth-order valence-corrected chi connectivity index (χ4v) is 3.09. The SMILES string of the molecule is CC(=O)NC(CSc1ccccc1)C(=O)NCc1ccc(C)cc1. The summed E-state index contributed by atoms with van der Waals surface area (Å²) in [5.74, 6) is 0.108. The molecule has 2 amide bonds. The molecule has 0 saturated carbocycles. The Hall–Kier alpha value is -2.27. The minimum Gasteiger partial charge on any atom is -0.350 e. The van der Waals surface area contributed by atoms with Gasteiger partial charge in [-0.1, -0.05) is 48.0 Å². The fourth-order valence-electron chi connectivity index (χ4n) is 2.14. The lowest BCUT2D eigenvalue weighted by atomic mass is 10.1. The number of thioether (sulfide) groups is 1. The average molecular weight is 342 g/mol. The van der Waals surface area contributed by atoms with E-state index in [2.05, 4.69) is 10.6 Å². The summed E-state index contributed by atoms with van der Waals surface area (Å²) in [6.45, 7) is 3.90. The summed E-state index contributed by atoms with van der Waals surface area (Å²) in [5.41, 5.74) is 2.21. The molecule has 0 aliphatic carbocycles. The number of carbonyl (C=O) groups is 2. The molecule has 0 saturated heterocycles. The number of nitrogens with one attached hydrogen (secondary N) is 2. The normalized spacial score (nSPS) is 11.6. The van der Waals surface area contributed by atoms with Gasteiger partial charge >= 0.3 is 0 Å². The molecule has 0 heterocycles. The summed E-state index contributed by atoms with van der Waals surface area (Å²) in [7, 11) is 0. The maximum Gasteiger partial charge on any atom is 0.243 e. The van der Waals surface area contributed by atoms with Gasteiger partial charge in [-0.05, 0) is 24.6 Å². The van der Waals surface area contributed by atoms with E-state index in [1.54, 1.807) is 11.8 Å². The van der Waals surface area contributed by atoms with Crippen LogP contribution in [0.3, 0.4) is 0 Å². The van der Waals surface area contributed by atoms with Crippen LogP contribution in [0.2, 0.25) is 0 Å². The summed E-state index contributed by atoms with van der Waals surface area (Å²) in [5, 5.41) is 5.62. The molecule has 0 fully saturated rings. The van der Waals surface area contributed by atoms with Crippen molar-refractivity contribution in [1.29, 1.82) is 0 Å². The number of aryl methyl sites for hydroxylation is 1. The standard InChI is InChI=1S/C19H22N2O2S/c1-14-8-10-16(11-9-14)12-20-19(23)18(21-15(2)22)13-24-17-6-4-3-5-7-17/h3-11,18H,12-13H2,1-2H3,(H,20,23)(H,21,22). The van der Waals surface area contributed by atoms with E-state index in [1.807, 2.05) is 61.5 Å². The Kier molecular flexibility index (Phi) is 6.88. The van der Waals surface area contributed by atoms with Gasteiger partial charge in [0.25, 0.3) is 0 Å². The van der Waals surface area contributed by atoms with Gasteiger partial charge in [0.1, 0.15) is 6.04 Å². The van der Waals surface area contributed by atoms with E-state index in [4.69, 9.17) is 0 Å². The van der Waals surface area contributed by atoms with Crippen molar-refractivity contribution in [3.63, 3.8) is 0 Å². The second-order valence-electron chi connectivity index (χ2n) is 5.58. The first-order valence-electron chi connectivity index (χ1n) is 7.83. The van der Waals surface area contributed by atoms with Crippen LogP contribution in [0.15, 0.2) is 59.5 Å². The van der Waals surface area contributed by atoms with Crippen molar-refractivity contribution in [2.75, 3.05) is 5.75 Å². The lowest BCUT2D eigenvalue weighted by Gasteiger charge is -2.17. The number of benzene rings is 2. The predicted molar refractivity (Wildman–Crippen MR) is 97.8 cm³/mol. The number of hydrogen-bond donors (Lipinski definition) is 2. The molecule has 2 rings (SSSR count). The smallest absolute Gasteiger partial charge is 0.243 e. The Morgan fingerprint density at radius 3 is 2.33 bits per heavy atom. The zero-order chi connectivity index (χ0) is 17.4. The fraction of sp³-hybridized carbons (Fsp3) is 0.263. The van der Waals surface area contributed by atoms with Crippen LogP contribution in [0.5, 0.6) is 0 Å². The monoisotopic (exact) mass is 342 g/mol. The molecule has 0 spiro atoms. The number of carbonyl (C=O) groups excluding carboxylic acids is 2. The molecule has 0 aromatic heterocycles. The van der Waals surface area contributed by atoms with E-state index in [1.165, 1.54) is 12.5 Å². The van der Waals surface area contributed by atoms with Gasteiger partial charge in [-0.15, -0.1) is 11.8 Å². The minimum atomic E-state index is -0.557. The number of rotatable bonds is 7. The van der Waals surface area contributed by atoms with Crippen LogP contribution < -0.4 is 10.6 Å². The molecular formula is C19H22N2O2S. The first-order valence-corrected chi connectivity index (χ1v) is 8.81. The maximum absolute atomic E-state index is 12.4. The minimum absolute atomic E-state index is 0.172. The van der Waals surface area contributed by atoms with Gasteiger partial charge in [0, 0.05) is 24.1 Å². The second kappa shape index (κ2) is 9.13. The molecule has 0 aliphatic heterocycles. The first kappa shape index (κ1) is 18.1. The van der Waals surface area contributed by atoms with Crippen LogP contribution in [0.1, 0.15) is 18.1 Å². The summed E-state index contributed by atoms with van der Waals surface area (Å²) in [4.78, 5) is 24.9. The van der Waals surface area contributed by atoms with E-state index in [0.29, 0.717) is 12.3 Å². The predicted octanol–water partition coefficient (Wildman–Crippen LogP) is 2.91. The van der Waals surface area contributed by atoms with Crippen molar-refractivity contribution in [2.45, 2.75) is 31.3 Å². The van der Waals surface area contributed by atoms with Crippen molar-refractivity contribution in [2.24, 2.45) is 0 Å². The van der Waals surface area contributed by atoms with Crippen LogP contribution in [-0.2, 0) is 16.1 Å². The van der Waals surface area contributed by atoms with E-state index >= 15 is 0 Å². The van der Waals surface area contributed by atoms with Crippen LogP contribution in [0.25, 0.3) is 0 Å². The topological polar surface area (TPSA) is 58.2 Å². The molecule has 4 nitrogen and oxygen atoms in total. The molecule has 5 heteroatoms. The van der Waals surface area contributed by atoms with E-state index in [-0.39, 0.29) is 11.8 Å². The first-order chi connectivity index (χ1) is 11.5. The molecule has 2 aromatic carbocycles. The Morgan fingerprint density at radius 1 is 1.04 bits per heavy atom. The van der Waals surface area contributed by atoms with E-state index < -0.39 is 6.04 Å². The van der Waals surface area contributed by atoms with Crippen molar-refractivity contribution in [1.82, 2.24) is 10.6 Å². The summed E-state index contributed by atoms with van der Waals surface area (Å²) >= 11 is 1.55. The quantitative estimate of drug-likeness (QED) is 0.761. The van der Waals surface area contributed by atoms with E-state index in [0.717, 1.165) is 10.5 Å². The van der Waals surface area contributed by atoms with Crippen molar-refractivity contribution in [3.05, 3.63) is 65.7 Å². The summed E-state index contributed by atoms with van der Waals surface area (Å²) in [6, 6.07) is 17.3. The molecule has 2 aromatic rings. The molecule has 1 unspecified atom stereocenters. The van der Waals surface area contributed by atoms with Gasteiger partial charge < -0.3 is 10.6 Å². The van der Waals surface area contributed by atoms with Gasteiger partial charge in [0.15, 0.2) is 0 Å². The zero-order valence-corrected chi connectivity index (χ0v) is 14.7. The van der Waals surface area contributed by atoms with Crippen molar-refractivity contribution < 1.29 is 9.59 Å². The van der Waals surface area contributed by atoms with Gasteiger partial charge in [-0.3, -0.25) is 9.59 Å². The summed E-state index contributed by atoms with van der Waals surface area (Å²) < 4.78 is 0. The highest BCUT2D eigenvalue weighted by molar-refractivity contribution is 7.99. The van der Waals surface area contributed by atoms with Gasteiger partial charge in [-0.2, -0.15) is 0 Å². The molecule has 0 radical (unpaired) electrons. The van der Waals surface area contributed by atoms with Crippen LogP contribution in [0, 0.1) is 6.92 Å². The highest BCUT2D eigenvalue weighted by Gasteiger charge is 2.19. The molecular weight excluding hydrogens is 320 g/mol. The average Bonchev–Trinajstić information content (AvgIpc) is 2.58. The van der Waals surface area contributed by atoms with Crippen molar-refractivity contribution in [3.8, 4) is 0 Å². The zero-order valence-electron chi connectivity index (χ0n) is 13.9. The van der Waals surface area contributed by atoms with E-state index in [9.17, 15) is 9.59 Å². The lowest BCUT2D eigenvalue weighted by Crippen LogP contribution is -2.47. The van der Waals surface area contributed by atoms with Gasteiger partial charge in [0.2, 0.25) is 11.8 Å². The largest absolute Gasteiger partial charge is 0.350 e. The molecule has 0 bridgehead atoms. The number of hydrogen-bond acceptors (Lipinski definition) is 3. The van der Waals surface area contributed by atoms with Crippen LogP contribution in [-0.4, -0.2) is 23.6 Å². The Balaban J connectivity index is 1.91. The third-order valence-electron chi connectivity index (χ3n) is 3.44. The Labute approximate surface area is 147 Å². The van der Waals surface area contributed by atoms with Crippen LogP contribution >= 0.6 is 11.8 Å². The van der Waals surface area contributed by atoms with Crippen molar-refractivity contribution >= 4 is 23.6 Å². The third-order valence-corrected chi connectivity index (χ3v) is 4.55. The molecule has 24 heavy (non-hydrogen) atoms. The Bertz CT molecular complexity index is 672. The summed E-state index contributed by atoms with van der Waals surface area (Å²) in [6.07, 6.45) is 0. The molecule has 126 valence electrons. The highest BCUT2D eigenvalue weighted by atomic mass is 32.2. The molecule has 2 N–H and O–H groups in total. The maximum atomic E-state index is 12.4. The highest BCUT2D eigenvalue weighted by Crippen LogP contribution is 2.18. The molecule has 0 aliphatic rings. The molecule has 1 atom stereocenters. The Morgan fingerprint density at radius 2 is 1.71 bits per heavy atom. The second-order valence-corrected chi connectivity index (χ2v) is 6.67. The number of amides is 2. The van der Waals surface area contributed by atoms with Gasteiger partial charge in [-0.25, -0.2) is 0 Å². The van der Waals surface area contributed by atoms with Crippen LogP contribution in [0.4, 0.5) is 0 Å². The third kappa shape index (κ3) is 6.08.